The summed E-state index contributed by atoms with van der Waals surface area (Å²) in [5, 5.41) is 2.38. The van der Waals surface area contributed by atoms with Crippen LogP contribution < -0.4 is 10.0 Å². The molecule has 192 valence electrons. The number of carbonyl (C=O) groups is 1. The van der Waals surface area contributed by atoms with Crippen molar-refractivity contribution in [3.8, 4) is 0 Å². The Kier molecular flexibility index (Phi) is 8.77. The van der Waals surface area contributed by atoms with Crippen molar-refractivity contribution in [3.63, 3.8) is 0 Å². The second-order valence-corrected chi connectivity index (χ2v) is 11.8. The third-order valence-electron chi connectivity index (χ3n) is 4.31. The third-order valence-corrected chi connectivity index (χ3v) is 7.59. The summed E-state index contributed by atoms with van der Waals surface area (Å²) < 4.78 is 98.4. The fraction of sp³-hybridized carbons (Fsp3) is 0.211. The number of nitrogens with one attached hydrogen (secondary N) is 2. The van der Waals surface area contributed by atoms with E-state index in [0.29, 0.717) is 0 Å². The van der Waals surface area contributed by atoms with E-state index in [1.807, 2.05) is 0 Å². The summed E-state index contributed by atoms with van der Waals surface area (Å²) in [5.74, 6) is -0.570. The van der Waals surface area contributed by atoms with Crippen LogP contribution in [0.25, 0.3) is 12.2 Å². The molecule has 0 fully saturated rings. The van der Waals surface area contributed by atoms with Crippen LogP contribution in [0.1, 0.15) is 11.1 Å². The summed E-state index contributed by atoms with van der Waals surface area (Å²) in [4.78, 5) is 10.4. The number of anilines is 2. The van der Waals surface area contributed by atoms with Gasteiger partial charge in [0.2, 0.25) is 5.91 Å². The maximum atomic E-state index is 12.0. The van der Waals surface area contributed by atoms with Crippen LogP contribution >= 0.6 is 0 Å². The van der Waals surface area contributed by atoms with Gasteiger partial charge in [-0.05, 0) is 35.4 Å². The van der Waals surface area contributed by atoms with E-state index >= 15 is 0 Å². The van der Waals surface area contributed by atoms with Crippen LogP contribution in [-0.2, 0) is 40.0 Å². The zero-order valence-corrected chi connectivity index (χ0v) is 21.1. The van der Waals surface area contributed by atoms with Gasteiger partial charge >= 0.3 is 10.2 Å². The number of nitrogens with zero attached hydrogens (tertiary/aromatic N) is 1. The molecular weight excluding hydrogens is 526 g/mol. The van der Waals surface area contributed by atoms with Crippen molar-refractivity contribution in [3.05, 3.63) is 47.5 Å². The second kappa shape index (κ2) is 10.8. The molecular formula is C19H23N3O10S3. The van der Waals surface area contributed by atoms with Gasteiger partial charge in [-0.2, -0.15) is 29.6 Å². The molecule has 0 aliphatic heterocycles. The molecule has 2 aromatic carbocycles. The Labute approximate surface area is 203 Å². The van der Waals surface area contributed by atoms with Gasteiger partial charge in [-0.1, -0.05) is 24.3 Å². The highest BCUT2D eigenvalue weighted by Gasteiger charge is 2.20. The van der Waals surface area contributed by atoms with Crippen LogP contribution in [0, 0.1) is 0 Å². The molecule has 0 unspecified atom stereocenters. The highest BCUT2D eigenvalue weighted by atomic mass is 32.2. The van der Waals surface area contributed by atoms with Gasteiger partial charge < -0.3 is 10.1 Å². The molecule has 16 heteroatoms. The topological polar surface area (TPSA) is 196 Å². The minimum atomic E-state index is -4.83. The van der Waals surface area contributed by atoms with Crippen molar-refractivity contribution in [2.75, 3.05) is 37.9 Å². The first kappa shape index (κ1) is 28.4. The highest BCUT2D eigenvalue weighted by Crippen LogP contribution is 2.26. The summed E-state index contributed by atoms with van der Waals surface area (Å²) >= 11 is 0. The fourth-order valence-electron chi connectivity index (χ4n) is 2.68. The average molecular weight is 550 g/mol. The Morgan fingerprint density at radius 2 is 1.34 bits per heavy atom. The lowest BCUT2D eigenvalue weighted by Crippen LogP contribution is -2.29. The number of benzene rings is 2. The molecule has 0 saturated heterocycles. The fourth-order valence-corrected chi connectivity index (χ4v) is 4.71. The normalized spacial score (nSPS) is 12.7. The van der Waals surface area contributed by atoms with E-state index in [4.69, 9.17) is 0 Å². The van der Waals surface area contributed by atoms with Gasteiger partial charge in [-0.15, -0.1) is 0 Å². The molecule has 2 aromatic rings. The van der Waals surface area contributed by atoms with Crippen molar-refractivity contribution < 1.29 is 43.9 Å². The van der Waals surface area contributed by atoms with Gasteiger partial charge in [0.1, 0.15) is 16.4 Å². The smallest absolute Gasteiger partial charge is 0.301 e. The van der Waals surface area contributed by atoms with Crippen LogP contribution in [0.2, 0.25) is 0 Å². The number of carbonyl (C=O) groups excluding carboxylic acids is 1. The lowest BCUT2D eigenvalue weighted by atomic mass is 10.1. The molecule has 4 N–H and O–H groups in total. The zero-order valence-electron chi connectivity index (χ0n) is 18.7. The van der Waals surface area contributed by atoms with E-state index in [1.54, 1.807) is 0 Å². The molecule has 1 amide bonds. The molecule has 0 heterocycles. The van der Waals surface area contributed by atoms with Crippen molar-refractivity contribution in [1.82, 2.24) is 4.31 Å². The first-order chi connectivity index (χ1) is 16.0. The Bertz CT molecular complexity index is 1470. The van der Waals surface area contributed by atoms with Gasteiger partial charge in [-0.25, -0.2) is 0 Å². The first-order valence-electron chi connectivity index (χ1n) is 9.45. The van der Waals surface area contributed by atoms with Crippen molar-refractivity contribution in [1.29, 1.82) is 0 Å². The average Bonchev–Trinajstić information content (AvgIpc) is 2.71. The maximum Gasteiger partial charge on any atom is 0.301 e. The predicted octanol–water partition coefficient (Wildman–Crippen LogP) is 1.15. The van der Waals surface area contributed by atoms with E-state index < -0.39 is 46.1 Å². The molecule has 35 heavy (non-hydrogen) atoms. The Morgan fingerprint density at radius 1 is 0.886 bits per heavy atom. The molecule has 2 rings (SSSR count). The van der Waals surface area contributed by atoms with E-state index in [1.165, 1.54) is 45.5 Å². The third kappa shape index (κ3) is 7.82. The zero-order chi connectivity index (χ0) is 26.6. The molecule has 0 atom stereocenters. The lowest BCUT2D eigenvalue weighted by Gasteiger charge is -2.14. The standard InChI is InChI=1S/C19H23N3O10S3/c1-22(2)35(30,31)21-16-9-7-14(18(11-16)34(27,28)29)5-4-13-6-8-15(20-19(23)12-32-3)10-17(13)33(24,25)26/h4-11,21H,12H2,1-3H3,(H,20,23)(H,24,25,26)(H,27,28,29)/b5-4+. The minimum absolute atomic E-state index is 0.0491. The molecule has 13 nitrogen and oxygen atoms in total. The number of rotatable bonds is 10. The monoisotopic (exact) mass is 549 g/mol. The molecule has 0 aromatic heterocycles. The van der Waals surface area contributed by atoms with Gasteiger partial charge in [-0.3, -0.25) is 18.6 Å². The molecule has 0 aliphatic carbocycles. The Balaban J connectivity index is 2.52. The van der Waals surface area contributed by atoms with Crippen LogP contribution in [0.3, 0.4) is 0 Å². The van der Waals surface area contributed by atoms with Crippen LogP contribution in [0.15, 0.2) is 46.2 Å². The van der Waals surface area contributed by atoms with Gasteiger partial charge in [0.25, 0.3) is 20.2 Å². The lowest BCUT2D eigenvalue weighted by molar-refractivity contribution is -0.119. The predicted molar refractivity (Wildman–Crippen MR) is 128 cm³/mol. The van der Waals surface area contributed by atoms with Gasteiger partial charge in [0, 0.05) is 26.9 Å². The SMILES string of the molecule is COCC(=O)Nc1ccc(/C=C/c2ccc(NS(=O)(=O)N(C)C)cc2S(=O)(=O)O)c(S(=O)(=O)O)c1. The quantitative estimate of drug-likeness (QED) is 0.246. The summed E-state index contributed by atoms with van der Waals surface area (Å²) in [5.41, 5.74) is -0.291. The second-order valence-electron chi connectivity index (χ2n) is 7.16. The van der Waals surface area contributed by atoms with E-state index in [2.05, 4.69) is 14.8 Å². The number of hydrogen-bond acceptors (Lipinski definition) is 8. The maximum absolute atomic E-state index is 12.0. The minimum Gasteiger partial charge on any atom is -0.375 e. The van der Waals surface area contributed by atoms with E-state index in [9.17, 15) is 39.2 Å². The Hall–Kier alpha value is -2.86. The Morgan fingerprint density at radius 3 is 1.77 bits per heavy atom. The van der Waals surface area contributed by atoms with E-state index in [-0.39, 0.29) is 29.1 Å². The van der Waals surface area contributed by atoms with Crippen LogP contribution in [-0.4, -0.2) is 72.4 Å². The van der Waals surface area contributed by atoms with Crippen molar-refractivity contribution in [2.45, 2.75) is 9.79 Å². The molecule has 0 aliphatic rings. The number of hydrogen-bond donors (Lipinski definition) is 4. The summed E-state index contributed by atoms with van der Waals surface area (Å²) in [6.45, 7) is -0.290. The highest BCUT2D eigenvalue weighted by molar-refractivity contribution is 7.90. The van der Waals surface area contributed by atoms with Crippen molar-refractivity contribution >= 4 is 59.9 Å². The largest absolute Gasteiger partial charge is 0.375 e. The number of methoxy groups -OCH3 is 1. The van der Waals surface area contributed by atoms with Gasteiger partial charge in [0.05, 0.1) is 5.69 Å². The van der Waals surface area contributed by atoms with E-state index in [0.717, 1.165) is 28.6 Å². The summed E-state index contributed by atoms with van der Waals surface area (Å²) in [6, 6.07) is 6.87. The molecule has 0 radical (unpaired) electrons. The molecule has 0 spiro atoms. The van der Waals surface area contributed by atoms with Crippen LogP contribution in [0.5, 0.6) is 0 Å². The summed E-state index contributed by atoms with van der Waals surface area (Å²) in [6.07, 6.45) is 2.29. The number of amides is 1. The summed E-state index contributed by atoms with van der Waals surface area (Å²) in [7, 11) is -9.75. The molecule has 0 bridgehead atoms. The number of ether oxygens (including phenoxy) is 1. The first-order valence-corrected chi connectivity index (χ1v) is 13.8. The van der Waals surface area contributed by atoms with Crippen molar-refractivity contribution in [2.24, 2.45) is 0 Å². The van der Waals surface area contributed by atoms with Crippen LogP contribution in [0.4, 0.5) is 11.4 Å². The van der Waals surface area contributed by atoms with Gasteiger partial charge in [0.15, 0.2) is 0 Å². The molecule has 0 saturated carbocycles.